The van der Waals surface area contributed by atoms with Crippen LogP contribution in [0.2, 0.25) is 0 Å². The van der Waals surface area contributed by atoms with Crippen LogP contribution >= 0.6 is 0 Å². The highest BCUT2D eigenvalue weighted by molar-refractivity contribution is 5.97. The van der Waals surface area contributed by atoms with Gasteiger partial charge in [-0.25, -0.2) is 0 Å². The number of amides is 1. The summed E-state index contributed by atoms with van der Waals surface area (Å²) in [6, 6.07) is 0. The van der Waals surface area contributed by atoms with Gasteiger partial charge in [-0.1, -0.05) is 117 Å². The summed E-state index contributed by atoms with van der Waals surface area (Å²) in [5.74, 6) is -1.99. The lowest BCUT2D eigenvalue weighted by molar-refractivity contribution is -0.153. The Labute approximate surface area is 174 Å². The molecule has 1 amide bonds. The van der Waals surface area contributed by atoms with E-state index in [2.05, 4.69) is 6.92 Å². The van der Waals surface area contributed by atoms with Gasteiger partial charge in [0, 0.05) is 0 Å². The molecule has 0 rings (SSSR count). The molecule has 0 fully saturated rings. The van der Waals surface area contributed by atoms with Crippen LogP contribution in [-0.4, -0.2) is 18.5 Å². The maximum atomic E-state index is 11.9. The van der Waals surface area contributed by atoms with Gasteiger partial charge >= 0.3 is 5.97 Å². The van der Waals surface area contributed by atoms with Gasteiger partial charge in [0.2, 0.25) is 5.91 Å². The molecule has 2 N–H and O–H groups in total. The Bertz CT molecular complexity index is 382. The van der Waals surface area contributed by atoms with Gasteiger partial charge in [-0.05, 0) is 12.3 Å². The molecule has 4 nitrogen and oxygen atoms in total. The SMILES string of the molecule is CCCCCCCCCCCCCCCCCCOC(=O)[C@H](C(N)=O)C(C)C. The van der Waals surface area contributed by atoms with Crippen molar-refractivity contribution in [3.05, 3.63) is 0 Å². The predicted octanol–water partition coefficient (Wildman–Crippen LogP) is 6.55. The van der Waals surface area contributed by atoms with Crippen molar-refractivity contribution >= 4 is 11.9 Å². The summed E-state index contributed by atoms with van der Waals surface area (Å²) in [6.45, 7) is 6.29. The Morgan fingerprint density at radius 3 is 1.36 bits per heavy atom. The third-order valence-electron chi connectivity index (χ3n) is 5.47. The Morgan fingerprint density at radius 1 is 0.679 bits per heavy atom. The summed E-state index contributed by atoms with van der Waals surface area (Å²) in [7, 11) is 0. The number of ether oxygens (including phenoxy) is 1. The van der Waals surface area contributed by atoms with Gasteiger partial charge in [0.05, 0.1) is 6.61 Å². The fourth-order valence-electron chi connectivity index (χ4n) is 3.63. The van der Waals surface area contributed by atoms with Crippen molar-refractivity contribution in [1.82, 2.24) is 0 Å². The number of esters is 1. The number of carbonyl (C=O) groups is 2. The molecule has 166 valence electrons. The molecular formula is C24H47NO3. The van der Waals surface area contributed by atoms with Crippen LogP contribution in [0.25, 0.3) is 0 Å². The zero-order valence-electron chi connectivity index (χ0n) is 19.0. The van der Waals surface area contributed by atoms with Gasteiger partial charge in [-0.3, -0.25) is 9.59 Å². The number of primary amides is 1. The van der Waals surface area contributed by atoms with E-state index in [4.69, 9.17) is 10.5 Å². The summed E-state index contributed by atoms with van der Waals surface area (Å²) in [5.41, 5.74) is 5.26. The van der Waals surface area contributed by atoms with E-state index in [1.807, 2.05) is 13.8 Å². The van der Waals surface area contributed by atoms with Gasteiger partial charge < -0.3 is 10.5 Å². The van der Waals surface area contributed by atoms with Crippen molar-refractivity contribution in [3.8, 4) is 0 Å². The molecule has 0 aliphatic rings. The largest absolute Gasteiger partial charge is 0.465 e. The summed E-state index contributed by atoms with van der Waals surface area (Å²) < 4.78 is 5.21. The van der Waals surface area contributed by atoms with Gasteiger partial charge in [0.1, 0.15) is 5.92 Å². The molecule has 0 aromatic rings. The first-order valence-corrected chi connectivity index (χ1v) is 12.0. The van der Waals surface area contributed by atoms with E-state index in [1.165, 1.54) is 89.9 Å². The normalized spacial score (nSPS) is 12.3. The van der Waals surface area contributed by atoms with Crippen molar-refractivity contribution < 1.29 is 14.3 Å². The van der Waals surface area contributed by atoms with Crippen LogP contribution in [0.1, 0.15) is 124 Å². The average Bonchev–Trinajstić information content (AvgIpc) is 2.63. The van der Waals surface area contributed by atoms with E-state index < -0.39 is 17.8 Å². The van der Waals surface area contributed by atoms with E-state index in [0.717, 1.165) is 12.8 Å². The molecular weight excluding hydrogens is 350 g/mol. The highest BCUT2D eigenvalue weighted by Gasteiger charge is 2.29. The molecule has 0 radical (unpaired) electrons. The molecule has 0 heterocycles. The third kappa shape index (κ3) is 15.9. The molecule has 0 aliphatic carbocycles. The van der Waals surface area contributed by atoms with Crippen LogP contribution in [-0.2, 0) is 14.3 Å². The first kappa shape index (κ1) is 26.9. The van der Waals surface area contributed by atoms with E-state index in [1.54, 1.807) is 0 Å². The molecule has 0 saturated carbocycles. The fourth-order valence-corrected chi connectivity index (χ4v) is 3.63. The zero-order chi connectivity index (χ0) is 21.0. The molecule has 0 unspecified atom stereocenters. The molecule has 0 aromatic heterocycles. The number of hydrogen-bond acceptors (Lipinski definition) is 3. The van der Waals surface area contributed by atoms with Gasteiger partial charge in [0.25, 0.3) is 0 Å². The second kappa shape index (κ2) is 19.3. The highest BCUT2D eigenvalue weighted by Crippen LogP contribution is 2.15. The quantitative estimate of drug-likeness (QED) is 0.144. The number of hydrogen-bond donors (Lipinski definition) is 1. The first-order valence-electron chi connectivity index (χ1n) is 12.0. The average molecular weight is 398 g/mol. The minimum atomic E-state index is -0.818. The van der Waals surface area contributed by atoms with Crippen LogP contribution in [0, 0.1) is 11.8 Å². The lowest BCUT2D eigenvalue weighted by Gasteiger charge is -2.15. The molecule has 0 saturated heterocycles. The van der Waals surface area contributed by atoms with Gasteiger partial charge in [0.15, 0.2) is 0 Å². The second-order valence-electron chi connectivity index (χ2n) is 8.59. The highest BCUT2D eigenvalue weighted by atomic mass is 16.5. The Morgan fingerprint density at radius 2 is 1.04 bits per heavy atom. The summed E-state index contributed by atoms with van der Waals surface area (Å²) in [4.78, 5) is 23.1. The topological polar surface area (TPSA) is 69.4 Å². The molecule has 0 aromatic carbocycles. The molecule has 28 heavy (non-hydrogen) atoms. The van der Waals surface area contributed by atoms with Crippen molar-refractivity contribution in [3.63, 3.8) is 0 Å². The predicted molar refractivity (Wildman–Crippen MR) is 118 cm³/mol. The summed E-state index contributed by atoms with van der Waals surface area (Å²) in [6.07, 6.45) is 21.1. The van der Waals surface area contributed by atoms with E-state index in [9.17, 15) is 9.59 Å². The minimum absolute atomic E-state index is 0.115. The minimum Gasteiger partial charge on any atom is -0.465 e. The van der Waals surface area contributed by atoms with Gasteiger partial charge in [-0.2, -0.15) is 0 Å². The fraction of sp³-hybridized carbons (Fsp3) is 0.917. The summed E-state index contributed by atoms with van der Waals surface area (Å²) in [5, 5.41) is 0. The van der Waals surface area contributed by atoms with Crippen LogP contribution in [0.4, 0.5) is 0 Å². The van der Waals surface area contributed by atoms with Crippen LogP contribution < -0.4 is 5.73 Å². The summed E-state index contributed by atoms with van der Waals surface area (Å²) >= 11 is 0. The molecule has 0 spiro atoms. The van der Waals surface area contributed by atoms with Gasteiger partial charge in [-0.15, -0.1) is 0 Å². The third-order valence-corrected chi connectivity index (χ3v) is 5.47. The van der Waals surface area contributed by atoms with Crippen molar-refractivity contribution in [2.75, 3.05) is 6.61 Å². The lowest BCUT2D eigenvalue weighted by atomic mass is 9.95. The first-order chi connectivity index (χ1) is 13.5. The number of rotatable bonds is 20. The Hall–Kier alpha value is -1.06. The lowest BCUT2D eigenvalue weighted by Crippen LogP contribution is -2.35. The smallest absolute Gasteiger partial charge is 0.318 e. The molecule has 0 aliphatic heterocycles. The maximum Gasteiger partial charge on any atom is 0.318 e. The Balaban J connectivity index is 3.32. The van der Waals surface area contributed by atoms with E-state index in [0.29, 0.717) is 6.61 Å². The number of unbranched alkanes of at least 4 members (excludes halogenated alkanes) is 15. The molecule has 4 heteroatoms. The van der Waals surface area contributed by atoms with Crippen LogP contribution in [0.3, 0.4) is 0 Å². The van der Waals surface area contributed by atoms with Crippen molar-refractivity contribution in [2.24, 2.45) is 17.6 Å². The monoisotopic (exact) mass is 397 g/mol. The van der Waals surface area contributed by atoms with E-state index in [-0.39, 0.29) is 5.92 Å². The maximum absolute atomic E-state index is 11.9. The van der Waals surface area contributed by atoms with Crippen LogP contribution in [0.5, 0.6) is 0 Å². The molecule has 1 atom stereocenters. The van der Waals surface area contributed by atoms with E-state index >= 15 is 0 Å². The van der Waals surface area contributed by atoms with Crippen molar-refractivity contribution in [2.45, 2.75) is 124 Å². The number of carbonyl (C=O) groups excluding carboxylic acids is 2. The number of nitrogens with two attached hydrogens (primary N) is 1. The van der Waals surface area contributed by atoms with Crippen molar-refractivity contribution in [1.29, 1.82) is 0 Å². The zero-order valence-corrected chi connectivity index (χ0v) is 19.0. The Kier molecular flexibility index (Phi) is 18.5. The van der Waals surface area contributed by atoms with Crippen LogP contribution in [0.15, 0.2) is 0 Å². The second-order valence-corrected chi connectivity index (χ2v) is 8.59. The standard InChI is InChI=1S/C24H47NO3/c1-4-5-6-7-8-9-10-11-12-13-14-15-16-17-18-19-20-28-24(27)22(21(2)3)23(25)26/h21-22H,4-20H2,1-3H3,(H2,25,26)/t22-/m0/s1. The molecule has 0 bridgehead atoms.